The van der Waals surface area contributed by atoms with E-state index < -0.39 is 5.54 Å². The number of hydrogen-bond acceptors (Lipinski definition) is 3. The van der Waals surface area contributed by atoms with E-state index in [9.17, 15) is 0 Å². The maximum atomic E-state index is 6.04. The molecule has 3 heterocycles. The molecular weight excluding hydrogens is 272 g/mol. The molecule has 1 aliphatic heterocycles. The molecular formula is C18H20N4. The Bertz CT molecular complexity index is 838. The first kappa shape index (κ1) is 13.5. The van der Waals surface area contributed by atoms with E-state index in [0.717, 1.165) is 17.7 Å². The molecule has 2 aromatic heterocycles. The normalized spacial score (nSPS) is 14.5. The summed E-state index contributed by atoms with van der Waals surface area (Å²) in [5.74, 6) is 0.668. The summed E-state index contributed by atoms with van der Waals surface area (Å²) in [5.41, 5.74) is 10.5. The van der Waals surface area contributed by atoms with Crippen molar-refractivity contribution in [2.45, 2.75) is 38.8 Å². The predicted octanol–water partition coefficient (Wildman–Crippen LogP) is 3.24. The zero-order chi connectivity index (χ0) is 15.3. The van der Waals surface area contributed by atoms with Crippen LogP contribution in [0.3, 0.4) is 0 Å². The molecule has 0 radical (unpaired) electrons. The number of benzene rings is 1. The number of aryl methyl sites for hydroxylation is 2. The van der Waals surface area contributed by atoms with Gasteiger partial charge < -0.3 is 10.3 Å². The zero-order valence-electron chi connectivity index (χ0n) is 13.0. The summed E-state index contributed by atoms with van der Waals surface area (Å²) in [7, 11) is 0. The Morgan fingerprint density at radius 2 is 1.86 bits per heavy atom. The monoisotopic (exact) mass is 292 g/mol. The van der Waals surface area contributed by atoms with E-state index in [-0.39, 0.29) is 0 Å². The van der Waals surface area contributed by atoms with Crippen LogP contribution in [-0.4, -0.2) is 14.5 Å². The number of fused-ring (bicyclic) bond motifs is 3. The fourth-order valence-corrected chi connectivity index (χ4v) is 3.19. The lowest BCUT2D eigenvalue weighted by Crippen LogP contribution is -2.31. The maximum absolute atomic E-state index is 6.04. The van der Waals surface area contributed by atoms with Gasteiger partial charge in [0.15, 0.2) is 0 Å². The fourth-order valence-electron chi connectivity index (χ4n) is 3.19. The lowest BCUT2D eigenvalue weighted by molar-refractivity contribution is 0.514. The predicted molar refractivity (Wildman–Crippen MR) is 88.5 cm³/mol. The van der Waals surface area contributed by atoms with Gasteiger partial charge in [-0.25, -0.2) is 9.97 Å². The Labute approximate surface area is 130 Å². The van der Waals surface area contributed by atoms with Crippen LogP contribution in [0.25, 0.3) is 22.0 Å². The van der Waals surface area contributed by atoms with Crippen molar-refractivity contribution in [1.82, 2.24) is 14.5 Å². The van der Waals surface area contributed by atoms with Crippen LogP contribution >= 0.6 is 0 Å². The second-order valence-corrected chi connectivity index (χ2v) is 6.68. The van der Waals surface area contributed by atoms with Crippen LogP contribution in [0, 0.1) is 0 Å². The summed E-state index contributed by atoms with van der Waals surface area (Å²) in [5, 5.41) is 1.32. The molecule has 2 N–H and O–H groups in total. The Balaban J connectivity index is 1.77. The fraction of sp³-hybridized carbons (Fsp3) is 0.333. The van der Waals surface area contributed by atoms with Crippen molar-refractivity contribution in [3.63, 3.8) is 0 Å². The molecule has 0 fully saturated rings. The van der Waals surface area contributed by atoms with Gasteiger partial charge in [-0.1, -0.05) is 12.1 Å². The smallest absolute Gasteiger partial charge is 0.147 e. The van der Waals surface area contributed by atoms with Gasteiger partial charge in [0.1, 0.15) is 5.82 Å². The van der Waals surface area contributed by atoms with Crippen LogP contribution in [0.15, 0.2) is 36.7 Å². The number of nitrogens with zero attached hydrogens (tertiary/aromatic N) is 3. The molecule has 112 valence electrons. The van der Waals surface area contributed by atoms with Crippen molar-refractivity contribution < 1.29 is 0 Å². The van der Waals surface area contributed by atoms with Crippen molar-refractivity contribution >= 4 is 10.9 Å². The standard InChI is InChI=1S/C18H20N4/c1-18(2,19)17-20-10-14(11-21-17)12-5-6-13-8-15-4-3-7-22(15)16(13)9-12/h5-6,8-11H,3-4,7,19H2,1-2H3. The van der Waals surface area contributed by atoms with Crippen LogP contribution in [0.5, 0.6) is 0 Å². The van der Waals surface area contributed by atoms with Crippen molar-refractivity contribution in [2.75, 3.05) is 0 Å². The largest absolute Gasteiger partial charge is 0.345 e. The molecule has 0 bridgehead atoms. The minimum absolute atomic E-state index is 0.509. The first-order valence-corrected chi connectivity index (χ1v) is 7.76. The van der Waals surface area contributed by atoms with Crippen LogP contribution in [0.2, 0.25) is 0 Å². The minimum atomic E-state index is -0.509. The first-order valence-electron chi connectivity index (χ1n) is 7.76. The first-order chi connectivity index (χ1) is 10.5. The number of rotatable bonds is 2. The average molecular weight is 292 g/mol. The van der Waals surface area contributed by atoms with Crippen LogP contribution in [0.4, 0.5) is 0 Å². The molecule has 0 saturated carbocycles. The molecule has 1 aliphatic rings. The highest BCUT2D eigenvalue weighted by molar-refractivity contribution is 5.86. The van der Waals surface area contributed by atoms with Gasteiger partial charge in [0.2, 0.25) is 0 Å². The quantitative estimate of drug-likeness (QED) is 0.789. The van der Waals surface area contributed by atoms with Crippen LogP contribution in [-0.2, 0) is 18.5 Å². The van der Waals surface area contributed by atoms with Gasteiger partial charge in [0, 0.05) is 35.7 Å². The lowest BCUT2D eigenvalue weighted by Gasteiger charge is -2.16. The Morgan fingerprint density at radius 3 is 2.59 bits per heavy atom. The van der Waals surface area contributed by atoms with E-state index in [1.165, 1.54) is 29.4 Å². The van der Waals surface area contributed by atoms with E-state index in [1.807, 2.05) is 26.2 Å². The van der Waals surface area contributed by atoms with Crippen molar-refractivity contribution in [3.8, 4) is 11.1 Å². The average Bonchev–Trinajstić information content (AvgIpc) is 3.06. The number of nitrogens with two attached hydrogens (primary N) is 1. The van der Waals surface area contributed by atoms with Gasteiger partial charge in [0.25, 0.3) is 0 Å². The van der Waals surface area contributed by atoms with Gasteiger partial charge in [-0.05, 0) is 49.8 Å². The molecule has 3 aromatic rings. The second kappa shape index (κ2) is 4.65. The van der Waals surface area contributed by atoms with Gasteiger partial charge >= 0.3 is 0 Å². The molecule has 4 rings (SSSR count). The molecule has 0 unspecified atom stereocenters. The zero-order valence-corrected chi connectivity index (χ0v) is 13.0. The van der Waals surface area contributed by atoms with E-state index in [1.54, 1.807) is 0 Å². The van der Waals surface area contributed by atoms with Crippen molar-refractivity contribution in [1.29, 1.82) is 0 Å². The summed E-state index contributed by atoms with van der Waals surface area (Å²) in [4.78, 5) is 8.85. The third-order valence-corrected chi connectivity index (χ3v) is 4.37. The molecule has 0 aliphatic carbocycles. The van der Waals surface area contributed by atoms with Gasteiger partial charge in [-0.15, -0.1) is 0 Å². The second-order valence-electron chi connectivity index (χ2n) is 6.68. The van der Waals surface area contributed by atoms with E-state index in [0.29, 0.717) is 5.82 Å². The maximum Gasteiger partial charge on any atom is 0.147 e. The Morgan fingerprint density at radius 1 is 1.09 bits per heavy atom. The van der Waals surface area contributed by atoms with E-state index in [2.05, 4.69) is 38.8 Å². The van der Waals surface area contributed by atoms with Crippen molar-refractivity contribution in [3.05, 3.63) is 48.2 Å². The number of hydrogen-bond donors (Lipinski definition) is 1. The summed E-state index contributed by atoms with van der Waals surface area (Å²) < 4.78 is 2.43. The third kappa shape index (κ3) is 2.11. The molecule has 1 aromatic carbocycles. The summed E-state index contributed by atoms with van der Waals surface area (Å²) >= 11 is 0. The van der Waals surface area contributed by atoms with E-state index >= 15 is 0 Å². The Hall–Kier alpha value is -2.20. The molecule has 4 nitrogen and oxygen atoms in total. The highest BCUT2D eigenvalue weighted by Gasteiger charge is 2.18. The molecule has 22 heavy (non-hydrogen) atoms. The van der Waals surface area contributed by atoms with Gasteiger partial charge in [-0.2, -0.15) is 0 Å². The number of aromatic nitrogens is 3. The Kier molecular flexibility index (Phi) is 2.84. The highest BCUT2D eigenvalue weighted by Crippen LogP contribution is 2.30. The highest BCUT2D eigenvalue weighted by atomic mass is 15.0. The van der Waals surface area contributed by atoms with E-state index in [4.69, 9.17) is 5.73 Å². The third-order valence-electron chi connectivity index (χ3n) is 4.37. The summed E-state index contributed by atoms with van der Waals surface area (Å²) in [6.07, 6.45) is 6.17. The molecule has 0 saturated heterocycles. The summed E-state index contributed by atoms with van der Waals surface area (Å²) in [6, 6.07) is 8.89. The van der Waals surface area contributed by atoms with Gasteiger partial charge in [0.05, 0.1) is 5.54 Å². The van der Waals surface area contributed by atoms with Gasteiger partial charge in [-0.3, -0.25) is 0 Å². The minimum Gasteiger partial charge on any atom is -0.345 e. The lowest BCUT2D eigenvalue weighted by atomic mass is 10.0. The summed E-state index contributed by atoms with van der Waals surface area (Å²) in [6.45, 7) is 4.95. The van der Waals surface area contributed by atoms with Crippen LogP contribution in [0.1, 0.15) is 31.8 Å². The van der Waals surface area contributed by atoms with Crippen LogP contribution < -0.4 is 5.73 Å². The molecule has 0 amide bonds. The topological polar surface area (TPSA) is 56.7 Å². The molecule has 0 spiro atoms. The SMILES string of the molecule is CC(C)(N)c1ncc(-c2ccc3cc4n(c3c2)CCC4)cn1. The molecule has 0 atom stereocenters. The molecule has 4 heteroatoms. The van der Waals surface area contributed by atoms with Crippen molar-refractivity contribution in [2.24, 2.45) is 5.73 Å².